The summed E-state index contributed by atoms with van der Waals surface area (Å²) < 4.78 is 0. The maximum absolute atomic E-state index is 11.9. The molecule has 0 saturated heterocycles. The summed E-state index contributed by atoms with van der Waals surface area (Å²) >= 11 is 0. The van der Waals surface area contributed by atoms with Crippen molar-refractivity contribution in [1.82, 2.24) is 10.2 Å². The fourth-order valence-electron chi connectivity index (χ4n) is 1.54. The van der Waals surface area contributed by atoms with Gasteiger partial charge in [0.15, 0.2) is 0 Å². The third kappa shape index (κ3) is 5.19. The molecule has 5 nitrogen and oxygen atoms in total. The van der Waals surface area contributed by atoms with Crippen molar-refractivity contribution in [1.29, 1.82) is 0 Å². The summed E-state index contributed by atoms with van der Waals surface area (Å²) in [5.74, 6) is 2.28. The first-order valence-electron chi connectivity index (χ1n) is 6.84. The molecule has 0 fully saturated rings. The van der Waals surface area contributed by atoms with Gasteiger partial charge in [0, 0.05) is 24.3 Å². The Morgan fingerprint density at radius 1 is 1.33 bits per heavy atom. The normalized spacial score (nSPS) is 11.1. The number of hydrogen-bond acceptors (Lipinski definition) is 2. The third-order valence-electron chi connectivity index (χ3n) is 3.06. The number of nitrogens with zero attached hydrogens (tertiary/aromatic N) is 1. The lowest BCUT2D eigenvalue weighted by molar-refractivity contribution is 0.0939. The van der Waals surface area contributed by atoms with Crippen LogP contribution in [-0.2, 0) is 0 Å². The standard InChI is InChI=1S/C16H21N3O2/c1-5-11-19(4)16(21)18-14-9-7-13(8-10-14)15(20)17-12(3)6-2/h1,7-10,12H,6,11H2,2-4H3,(H,17,20)(H,18,21). The average Bonchev–Trinajstić information content (AvgIpc) is 2.47. The SMILES string of the molecule is C#CCN(C)C(=O)Nc1ccc(C(=O)NC(C)CC)cc1. The van der Waals surface area contributed by atoms with E-state index in [1.807, 2.05) is 13.8 Å². The van der Waals surface area contributed by atoms with E-state index in [2.05, 4.69) is 16.6 Å². The largest absolute Gasteiger partial charge is 0.350 e. The van der Waals surface area contributed by atoms with Gasteiger partial charge in [-0.25, -0.2) is 4.79 Å². The van der Waals surface area contributed by atoms with Crippen molar-refractivity contribution in [2.24, 2.45) is 0 Å². The van der Waals surface area contributed by atoms with Crippen LogP contribution >= 0.6 is 0 Å². The van der Waals surface area contributed by atoms with Gasteiger partial charge in [0.25, 0.3) is 5.91 Å². The average molecular weight is 287 g/mol. The van der Waals surface area contributed by atoms with E-state index < -0.39 is 0 Å². The molecule has 1 unspecified atom stereocenters. The second-order valence-corrected chi connectivity index (χ2v) is 4.85. The minimum absolute atomic E-state index is 0.119. The van der Waals surface area contributed by atoms with Gasteiger partial charge in [-0.3, -0.25) is 4.79 Å². The van der Waals surface area contributed by atoms with E-state index >= 15 is 0 Å². The number of urea groups is 1. The Kier molecular flexibility index (Phi) is 6.28. The molecular formula is C16H21N3O2. The molecule has 5 heteroatoms. The molecule has 0 saturated carbocycles. The number of hydrogen-bond donors (Lipinski definition) is 2. The van der Waals surface area contributed by atoms with Crippen LogP contribution in [0.2, 0.25) is 0 Å². The Bertz CT molecular complexity index is 531. The molecule has 1 atom stereocenters. The maximum Gasteiger partial charge on any atom is 0.322 e. The van der Waals surface area contributed by atoms with Gasteiger partial charge < -0.3 is 15.5 Å². The summed E-state index contributed by atoms with van der Waals surface area (Å²) in [6.07, 6.45) is 6.03. The lowest BCUT2D eigenvalue weighted by atomic mass is 10.1. The zero-order valence-corrected chi connectivity index (χ0v) is 12.6. The first-order chi connectivity index (χ1) is 9.97. The van der Waals surface area contributed by atoms with Crippen LogP contribution in [0.4, 0.5) is 10.5 Å². The van der Waals surface area contributed by atoms with Crippen molar-refractivity contribution in [2.75, 3.05) is 18.9 Å². The van der Waals surface area contributed by atoms with Gasteiger partial charge in [0.2, 0.25) is 0 Å². The molecule has 21 heavy (non-hydrogen) atoms. The van der Waals surface area contributed by atoms with Crippen molar-refractivity contribution in [2.45, 2.75) is 26.3 Å². The summed E-state index contributed by atoms with van der Waals surface area (Å²) in [4.78, 5) is 25.0. The van der Waals surface area contributed by atoms with E-state index in [0.717, 1.165) is 6.42 Å². The number of carbonyl (C=O) groups excluding carboxylic acids is 2. The lowest BCUT2D eigenvalue weighted by Gasteiger charge is -2.15. The van der Waals surface area contributed by atoms with Crippen LogP contribution in [0.1, 0.15) is 30.6 Å². The summed E-state index contributed by atoms with van der Waals surface area (Å²) in [5.41, 5.74) is 1.18. The highest BCUT2D eigenvalue weighted by molar-refractivity contribution is 5.95. The molecule has 1 rings (SSSR count). The van der Waals surface area contributed by atoms with Crippen molar-refractivity contribution in [3.8, 4) is 12.3 Å². The molecule has 1 aromatic rings. The van der Waals surface area contributed by atoms with E-state index in [1.165, 1.54) is 4.90 Å². The van der Waals surface area contributed by atoms with Crippen LogP contribution < -0.4 is 10.6 Å². The first-order valence-corrected chi connectivity index (χ1v) is 6.84. The summed E-state index contributed by atoms with van der Waals surface area (Å²) in [5, 5.41) is 5.59. The molecule has 0 aliphatic carbocycles. The molecule has 0 radical (unpaired) electrons. The molecule has 0 aromatic heterocycles. The van der Waals surface area contributed by atoms with Crippen LogP contribution in [0, 0.1) is 12.3 Å². The number of benzene rings is 1. The van der Waals surface area contributed by atoms with Crippen molar-refractivity contribution < 1.29 is 9.59 Å². The minimum atomic E-state index is -0.287. The number of terminal acetylenes is 1. The molecule has 0 heterocycles. The highest BCUT2D eigenvalue weighted by atomic mass is 16.2. The number of carbonyl (C=O) groups is 2. The monoisotopic (exact) mass is 287 g/mol. The molecule has 112 valence electrons. The van der Waals surface area contributed by atoms with Gasteiger partial charge >= 0.3 is 6.03 Å². The second-order valence-electron chi connectivity index (χ2n) is 4.85. The van der Waals surface area contributed by atoms with Gasteiger partial charge in [0.1, 0.15) is 0 Å². The van der Waals surface area contributed by atoms with Crippen LogP contribution in [0.25, 0.3) is 0 Å². The molecule has 1 aromatic carbocycles. The Labute approximate surface area is 125 Å². The third-order valence-corrected chi connectivity index (χ3v) is 3.06. The maximum atomic E-state index is 11.9. The molecule has 0 spiro atoms. The molecule has 3 amide bonds. The lowest BCUT2D eigenvalue weighted by Crippen LogP contribution is -2.32. The Morgan fingerprint density at radius 2 is 1.95 bits per heavy atom. The van der Waals surface area contributed by atoms with E-state index in [0.29, 0.717) is 11.3 Å². The smallest absolute Gasteiger partial charge is 0.322 e. The quantitative estimate of drug-likeness (QED) is 0.816. The van der Waals surface area contributed by atoms with Crippen molar-refractivity contribution in [3.63, 3.8) is 0 Å². The number of nitrogens with one attached hydrogen (secondary N) is 2. The summed E-state index contributed by atoms with van der Waals surface area (Å²) in [6.45, 7) is 4.20. The van der Waals surface area contributed by atoms with E-state index in [9.17, 15) is 9.59 Å². The Morgan fingerprint density at radius 3 is 2.48 bits per heavy atom. The molecule has 2 N–H and O–H groups in total. The van der Waals surface area contributed by atoms with E-state index in [-0.39, 0.29) is 24.5 Å². The van der Waals surface area contributed by atoms with E-state index in [4.69, 9.17) is 6.42 Å². The first kappa shape index (κ1) is 16.6. The topological polar surface area (TPSA) is 61.4 Å². The van der Waals surface area contributed by atoms with Crippen LogP contribution in [0.3, 0.4) is 0 Å². The van der Waals surface area contributed by atoms with Gasteiger partial charge in [-0.2, -0.15) is 0 Å². The van der Waals surface area contributed by atoms with Crippen LogP contribution in [-0.4, -0.2) is 36.5 Å². The van der Waals surface area contributed by atoms with E-state index in [1.54, 1.807) is 31.3 Å². The molecule has 0 aliphatic heterocycles. The zero-order chi connectivity index (χ0) is 15.8. The van der Waals surface area contributed by atoms with Gasteiger partial charge in [-0.05, 0) is 37.6 Å². The van der Waals surface area contributed by atoms with Gasteiger partial charge in [-0.15, -0.1) is 6.42 Å². The molecule has 0 bridgehead atoms. The summed E-state index contributed by atoms with van der Waals surface area (Å²) in [6, 6.07) is 6.57. The highest BCUT2D eigenvalue weighted by Crippen LogP contribution is 2.10. The Balaban J connectivity index is 2.64. The minimum Gasteiger partial charge on any atom is -0.350 e. The van der Waals surface area contributed by atoms with Crippen molar-refractivity contribution in [3.05, 3.63) is 29.8 Å². The summed E-state index contributed by atoms with van der Waals surface area (Å²) in [7, 11) is 1.61. The van der Waals surface area contributed by atoms with Crippen LogP contribution in [0.5, 0.6) is 0 Å². The molecule has 0 aliphatic rings. The number of amides is 3. The van der Waals surface area contributed by atoms with Gasteiger partial charge in [0.05, 0.1) is 6.54 Å². The van der Waals surface area contributed by atoms with Crippen LogP contribution in [0.15, 0.2) is 24.3 Å². The predicted octanol–water partition coefficient (Wildman–Crippen LogP) is 2.31. The molecular weight excluding hydrogens is 266 g/mol. The predicted molar refractivity (Wildman–Crippen MR) is 84.1 cm³/mol. The second kappa shape index (κ2) is 7.95. The number of rotatable bonds is 5. The van der Waals surface area contributed by atoms with Gasteiger partial charge in [-0.1, -0.05) is 12.8 Å². The fraction of sp³-hybridized carbons (Fsp3) is 0.375. The van der Waals surface area contributed by atoms with Crippen molar-refractivity contribution >= 4 is 17.6 Å². The number of anilines is 1. The Hall–Kier alpha value is -2.48. The zero-order valence-electron chi connectivity index (χ0n) is 12.6. The fourth-order valence-corrected chi connectivity index (χ4v) is 1.54. The highest BCUT2D eigenvalue weighted by Gasteiger charge is 2.10.